The minimum Gasteiger partial charge on any atom is -0.190 e. The molecule has 0 aromatic heterocycles. The second kappa shape index (κ2) is 3.16. The van der Waals surface area contributed by atoms with Crippen LogP contribution in [0.1, 0.15) is 13.8 Å². The molecule has 0 saturated carbocycles. The van der Waals surface area contributed by atoms with Crippen molar-refractivity contribution in [3.63, 3.8) is 0 Å². The van der Waals surface area contributed by atoms with E-state index in [-0.39, 0.29) is 0 Å². The molecular weight excluding hydrogens is 97.5 g/mol. The highest BCUT2D eigenvalue weighted by atomic mass is 35.5. The Labute approximate surface area is 43.1 Å². The molecule has 36 valence electrons. The Morgan fingerprint density at radius 2 is 2.17 bits per heavy atom. The van der Waals surface area contributed by atoms with Gasteiger partial charge in [-0.15, -0.1) is 0 Å². The van der Waals surface area contributed by atoms with Gasteiger partial charge < -0.3 is 0 Å². The van der Waals surface area contributed by atoms with Crippen LogP contribution in [0, 0.1) is 5.92 Å². The van der Waals surface area contributed by atoms with E-state index in [1.807, 2.05) is 13.8 Å². The second-order valence-electron chi connectivity index (χ2n) is 1.49. The van der Waals surface area contributed by atoms with E-state index in [1.165, 1.54) is 0 Å². The monoisotopic (exact) mass is 105 g/mol. The number of halogens is 1. The molecule has 0 heterocycles. The molecule has 0 atom stereocenters. The van der Waals surface area contributed by atoms with Crippen LogP contribution in [0.5, 0.6) is 0 Å². The van der Waals surface area contributed by atoms with Crippen LogP contribution in [0.2, 0.25) is 0 Å². The van der Waals surface area contributed by atoms with Gasteiger partial charge in [0.05, 0.1) is 0 Å². The maximum Gasteiger partial charge on any atom is 0.0361 e. The Morgan fingerprint density at radius 1 is 1.67 bits per heavy atom. The lowest BCUT2D eigenvalue weighted by Crippen LogP contribution is -1.82. The molecule has 0 saturated heterocycles. The second-order valence-corrected chi connectivity index (χ2v) is 1.69. The van der Waals surface area contributed by atoms with Crippen LogP contribution in [0.15, 0.2) is 4.51 Å². The first-order chi connectivity index (χ1) is 2.77. The van der Waals surface area contributed by atoms with Gasteiger partial charge in [-0.1, -0.05) is 13.8 Å². The standard InChI is InChI=1S/C4H8ClN/c1-4(2)3-6-5/h3-4H,1-2H3/b6-3+. The highest BCUT2D eigenvalue weighted by Gasteiger charge is 1.79. The number of nitrogens with zero attached hydrogens (tertiary/aromatic N) is 1. The molecule has 2 heteroatoms. The number of hydrogen-bond donors (Lipinski definition) is 0. The van der Waals surface area contributed by atoms with E-state index >= 15 is 0 Å². The minimum absolute atomic E-state index is 0.475. The molecule has 1 nitrogen and oxygen atoms in total. The molecule has 0 unspecified atom stereocenters. The van der Waals surface area contributed by atoms with Crippen LogP contribution >= 0.6 is 11.8 Å². The molecule has 0 N–H and O–H groups in total. The van der Waals surface area contributed by atoms with Crippen LogP contribution in [0.3, 0.4) is 0 Å². The summed E-state index contributed by atoms with van der Waals surface area (Å²) in [6.45, 7) is 4.04. The van der Waals surface area contributed by atoms with Gasteiger partial charge in [0, 0.05) is 18.0 Å². The van der Waals surface area contributed by atoms with Gasteiger partial charge in [-0.2, -0.15) is 4.51 Å². The molecule has 0 aliphatic carbocycles. The molecule has 0 radical (unpaired) electrons. The summed E-state index contributed by atoms with van der Waals surface area (Å²) < 4.78 is 3.28. The van der Waals surface area contributed by atoms with Crippen molar-refractivity contribution in [2.45, 2.75) is 13.8 Å². The zero-order valence-corrected chi connectivity index (χ0v) is 4.74. The van der Waals surface area contributed by atoms with Crippen LogP contribution in [0.4, 0.5) is 0 Å². The predicted molar refractivity (Wildman–Crippen MR) is 29.2 cm³/mol. The fourth-order valence-corrected chi connectivity index (χ4v) is 0.338. The SMILES string of the molecule is CC(C)/C=N/Cl. The molecule has 0 rings (SSSR count). The van der Waals surface area contributed by atoms with Crippen LogP contribution in [-0.4, -0.2) is 6.21 Å². The van der Waals surface area contributed by atoms with E-state index in [9.17, 15) is 0 Å². The summed E-state index contributed by atoms with van der Waals surface area (Å²) >= 11 is 4.97. The van der Waals surface area contributed by atoms with Gasteiger partial charge in [0.2, 0.25) is 0 Å². The van der Waals surface area contributed by atoms with E-state index in [0.717, 1.165) is 0 Å². The molecular formula is C4H8ClN. The molecule has 0 aromatic rings. The Hall–Kier alpha value is -0.0400. The lowest BCUT2D eigenvalue weighted by molar-refractivity contribution is 0.910. The summed E-state index contributed by atoms with van der Waals surface area (Å²) in [5, 5.41) is 0. The van der Waals surface area contributed by atoms with Gasteiger partial charge in [0.25, 0.3) is 0 Å². The largest absolute Gasteiger partial charge is 0.190 e. The van der Waals surface area contributed by atoms with Crippen LogP contribution < -0.4 is 0 Å². The molecule has 0 aromatic carbocycles. The molecule has 0 spiro atoms. The first-order valence-electron chi connectivity index (χ1n) is 1.92. The van der Waals surface area contributed by atoms with Gasteiger partial charge in [0.1, 0.15) is 0 Å². The molecule has 0 amide bonds. The van der Waals surface area contributed by atoms with E-state index in [0.29, 0.717) is 5.92 Å². The van der Waals surface area contributed by atoms with E-state index in [1.54, 1.807) is 6.21 Å². The fraction of sp³-hybridized carbons (Fsp3) is 0.750. The van der Waals surface area contributed by atoms with Gasteiger partial charge in [-0.3, -0.25) is 0 Å². The van der Waals surface area contributed by atoms with E-state index < -0.39 is 0 Å². The summed E-state index contributed by atoms with van der Waals surface area (Å²) in [4.78, 5) is 0. The van der Waals surface area contributed by atoms with Gasteiger partial charge in [-0.05, 0) is 5.92 Å². The minimum atomic E-state index is 0.475. The molecule has 6 heavy (non-hydrogen) atoms. The van der Waals surface area contributed by atoms with Crippen molar-refractivity contribution in [2.75, 3.05) is 0 Å². The third-order valence-electron chi connectivity index (χ3n) is 0.354. The molecule has 0 bridgehead atoms. The highest BCUT2D eigenvalue weighted by molar-refractivity contribution is 6.17. The Bertz CT molecular complexity index is 49.5. The van der Waals surface area contributed by atoms with Crippen molar-refractivity contribution in [1.82, 2.24) is 0 Å². The lowest BCUT2D eigenvalue weighted by Gasteiger charge is -1.84. The van der Waals surface area contributed by atoms with E-state index in [4.69, 9.17) is 11.8 Å². The normalized spacial score (nSPS) is 11.3. The predicted octanol–water partition coefficient (Wildman–Crippen LogP) is 1.87. The zero-order valence-electron chi connectivity index (χ0n) is 3.98. The van der Waals surface area contributed by atoms with E-state index in [2.05, 4.69) is 4.51 Å². The summed E-state index contributed by atoms with van der Waals surface area (Å²) in [5.74, 6) is 0.475. The summed E-state index contributed by atoms with van der Waals surface area (Å²) in [5.41, 5.74) is 0. The van der Waals surface area contributed by atoms with Crippen molar-refractivity contribution in [2.24, 2.45) is 10.4 Å². The quantitative estimate of drug-likeness (QED) is 0.452. The van der Waals surface area contributed by atoms with Crippen molar-refractivity contribution < 1.29 is 0 Å². The molecule has 0 fully saturated rings. The maximum absolute atomic E-state index is 4.97. The first kappa shape index (κ1) is 5.96. The lowest BCUT2D eigenvalue weighted by atomic mass is 10.3. The smallest absolute Gasteiger partial charge is 0.0361 e. The summed E-state index contributed by atoms with van der Waals surface area (Å²) in [6.07, 6.45) is 1.68. The van der Waals surface area contributed by atoms with Crippen molar-refractivity contribution in [3.8, 4) is 0 Å². The maximum atomic E-state index is 4.97. The average molecular weight is 106 g/mol. The topological polar surface area (TPSA) is 12.4 Å². The third-order valence-corrected chi connectivity index (χ3v) is 0.467. The summed E-state index contributed by atoms with van der Waals surface area (Å²) in [7, 11) is 0. The third kappa shape index (κ3) is 3.96. The van der Waals surface area contributed by atoms with Gasteiger partial charge in [0.15, 0.2) is 0 Å². The number of rotatable bonds is 1. The van der Waals surface area contributed by atoms with Gasteiger partial charge >= 0.3 is 0 Å². The Kier molecular flexibility index (Phi) is 3.14. The fourth-order valence-electron chi connectivity index (χ4n) is 0.113. The van der Waals surface area contributed by atoms with Crippen molar-refractivity contribution >= 4 is 18.0 Å². The first-order valence-corrected chi connectivity index (χ1v) is 2.25. The molecule has 0 aliphatic rings. The Morgan fingerprint density at radius 3 is 2.17 bits per heavy atom. The van der Waals surface area contributed by atoms with Crippen LogP contribution in [-0.2, 0) is 0 Å². The number of hydrogen-bond acceptors (Lipinski definition) is 1. The van der Waals surface area contributed by atoms with Gasteiger partial charge in [-0.25, -0.2) is 0 Å². The Balaban J connectivity index is 3.03. The van der Waals surface area contributed by atoms with Crippen molar-refractivity contribution in [1.29, 1.82) is 0 Å². The highest BCUT2D eigenvalue weighted by Crippen LogP contribution is 1.85. The van der Waals surface area contributed by atoms with Crippen molar-refractivity contribution in [3.05, 3.63) is 0 Å². The molecule has 0 aliphatic heterocycles. The summed E-state index contributed by atoms with van der Waals surface area (Å²) in [6, 6.07) is 0. The average Bonchev–Trinajstić information content (AvgIpc) is 1.35. The van der Waals surface area contributed by atoms with Crippen LogP contribution in [0.25, 0.3) is 0 Å². The zero-order chi connectivity index (χ0) is 4.99.